The summed E-state index contributed by atoms with van der Waals surface area (Å²) in [5.41, 5.74) is -0.232. The quantitative estimate of drug-likeness (QED) is 0.749. The molecule has 0 saturated heterocycles. The van der Waals surface area contributed by atoms with E-state index in [-0.39, 0.29) is 24.1 Å². The van der Waals surface area contributed by atoms with Gasteiger partial charge in [-0.1, -0.05) is 18.2 Å². The van der Waals surface area contributed by atoms with Crippen LogP contribution in [0.1, 0.15) is 34.3 Å². The number of halogens is 4. The molecule has 3 rings (SSSR count). The van der Waals surface area contributed by atoms with Gasteiger partial charge in [-0.3, -0.25) is 9.78 Å². The van der Waals surface area contributed by atoms with Gasteiger partial charge in [0.2, 0.25) is 0 Å². The highest BCUT2D eigenvalue weighted by Gasteiger charge is 2.37. The maximum atomic E-state index is 13.2. The number of alkyl halides is 3. The van der Waals surface area contributed by atoms with Crippen LogP contribution in [0.5, 0.6) is 0 Å². The molecule has 0 aliphatic heterocycles. The van der Waals surface area contributed by atoms with Crippen molar-refractivity contribution in [2.75, 3.05) is 0 Å². The SMILES string of the molecule is O=C(c1cncc(Br)c1)N(Cc1ccccc1C(F)(F)F)C1CC1. The minimum Gasteiger partial charge on any atom is -0.331 e. The zero-order valence-corrected chi connectivity index (χ0v) is 14.1. The van der Waals surface area contributed by atoms with Crippen LogP contribution in [-0.4, -0.2) is 21.8 Å². The Labute approximate surface area is 145 Å². The Kier molecular flexibility index (Phi) is 4.62. The fourth-order valence-electron chi connectivity index (χ4n) is 2.57. The third-order valence-corrected chi connectivity index (χ3v) is 4.30. The van der Waals surface area contributed by atoms with Crippen molar-refractivity contribution in [2.45, 2.75) is 31.6 Å². The van der Waals surface area contributed by atoms with Gasteiger partial charge in [-0.05, 0) is 46.5 Å². The summed E-state index contributed by atoms with van der Waals surface area (Å²) in [6.45, 7) is -0.0638. The van der Waals surface area contributed by atoms with E-state index in [2.05, 4.69) is 20.9 Å². The Balaban J connectivity index is 1.90. The first-order valence-electron chi connectivity index (χ1n) is 7.43. The fourth-order valence-corrected chi connectivity index (χ4v) is 2.93. The smallest absolute Gasteiger partial charge is 0.331 e. The number of nitrogens with zero attached hydrogens (tertiary/aromatic N) is 2. The summed E-state index contributed by atoms with van der Waals surface area (Å²) >= 11 is 3.25. The number of carbonyl (C=O) groups is 1. The molecule has 2 aromatic rings. The van der Waals surface area contributed by atoms with Gasteiger partial charge >= 0.3 is 6.18 Å². The fraction of sp³-hybridized carbons (Fsp3) is 0.294. The number of rotatable bonds is 4. The molecule has 0 radical (unpaired) electrons. The van der Waals surface area contributed by atoms with Crippen molar-refractivity contribution in [1.82, 2.24) is 9.88 Å². The van der Waals surface area contributed by atoms with Crippen LogP contribution >= 0.6 is 15.9 Å². The first kappa shape index (κ1) is 17.0. The lowest BCUT2D eigenvalue weighted by molar-refractivity contribution is -0.138. The van der Waals surface area contributed by atoms with E-state index in [1.165, 1.54) is 23.2 Å². The first-order valence-corrected chi connectivity index (χ1v) is 8.22. The van der Waals surface area contributed by atoms with Crippen LogP contribution in [0.25, 0.3) is 0 Å². The second-order valence-electron chi connectivity index (χ2n) is 5.71. The molecule has 0 N–H and O–H groups in total. The first-order chi connectivity index (χ1) is 11.4. The minimum atomic E-state index is -4.44. The molecule has 0 unspecified atom stereocenters. The van der Waals surface area contributed by atoms with E-state index in [9.17, 15) is 18.0 Å². The number of hydrogen-bond acceptors (Lipinski definition) is 2. The lowest BCUT2D eigenvalue weighted by Gasteiger charge is -2.24. The summed E-state index contributed by atoms with van der Waals surface area (Å²) < 4.78 is 40.2. The lowest BCUT2D eigenvalue weighted by atomic mass is 10.1. The van der Waals surface area contributed by atoms with Crippen LogP contribution in [0.3, 0.4) is 0 Å². The second-order valence-corrected chi connectivity index (χ2v) is 6.63. The normalized spacial score (nSPS) is 14.5. The highest BCUT2D eigenvalue weighted by atomic mass is 79.9. The Morgan fingerprint density at radius 1 is 1.25 bits per heavy atom. The van der Waals surface area contributed by atoms with Gasteiger partial charge in [-0.2, -0.15) is 13.2 Å². The maximum Gasteiger partial charge on any atom is 0.416 e. The molecule has 0 bridgehead atoms. The van der Waals surface area contributed by atoms with Crippen LogP contribution in [0, 0.1) is 0 Å². The van der Waals surface area contributed by atoms with Crippen molar-refractivity contribution in [2.24, 2.45) is 0 Å². The molecular formula is C17H14BrF3N2O. The molecule has 1 heterocycles. The van der Waals surface area contributed by atoms with Gasteiger partial charge in [0.25, 0.3) is 5.91 Å². The average molecular weight is 399 g/mol. The van der Waals surface area contributed by atoms with Gasteiger partial charge in [-0.25, -0.2) is 0 Å². The number of carbonyl (C=O) groups excluding carboxylic acids is 1. The van der Waals surface area contributed by atoms with Crippen molar-refractivity contribution >= 4 is 21.8 Å². The number of hydrogen-bond donors (Lipinski definition) is 0. The van der Waals surface area contributed by atoms with Crippen LogP contribution in [0.15, 0.2) is 47.2 Å². The second kappa shape index (κ2) is 6.55. The van der Waals surface area contributed by atoms with E-state index in [1.54, 1.807) is 18.3 Å². The van der Waals surface area contributed by atoms with Crippen LogP contribution in [-0.2, 0) is 12.7 Å². The summed E-state index contributed by atoms with van der Waals surface area (Å²) in [7, 11) is 0. The van der Waals surface area contributed by atoms with E-state index in [4.69, 9.17) is 0 Å². The van der Waals surface area contributed by atoms with Crippen molar-refractivity contribution in [3.05, 3.63) is 63.9 Å². The van der Waals surface area contributed by atoms with Gasteiger partial charge in [0.1, 0.15) is 0 Å². The van der Waals surface area contributed by atoms with Gasteiger partial charge in [-0.15, -0.1) is 0 Å². The summed E-state index contributed by atoms with van der Waals surface area (Å²) in [4.78, 5) is 18.2. The molecule has 1 saturated carbocycles. The minimum absolute atomic E-state index is 0.0160. The molecule has 1 aromatic heterocycles. The van der Waals surface area contributed by atoms with Crippen molar-refractivity contribution in [3.8, 4) is 0 Å². The summed E-state index contributed by atoms with van der Waals surface area (Å²) in [5.74, 6) is -0.303. The molecule has 3 nitrogen and oxygen atoms in total. The monoisotopic (exact) mass is 398 g/mol. The Morgan fingerprint density at radius 2 is 1.96 bits per heavy atom. The third kappa shape index (κ3) is 3.77. The van der Waals surface area contributed by atoms with Gasteiger partial charge in [0, 0.05) is 29.5 Å². The van der Waals surface area contributed by atoms with Crippen LogP contribution < -0.4 is 0 Å². The van der Waals surface area contributed by atoms with Crippen molar-refractivity contribution in [3.63, 3.8) is 0 Å². The third-order valence-electron chi connectivity index (χ3n) is 3.86. The zero-order valence-electron chi connectivity index (χ0n) is 12.6. The van der Waals surface area contributed by atoms with Gasteiger partial charge in [0.05, 0.1) is 11.1 Å². The van der Waals surface area contributed by atoms with Gasteiger partial charge < -0.3 is 4.90 Å². The lowest BCUT2D eigenvalue weighted by Crippen LogP contribution is -2.33. The molecule has 0 spiro atoms. The number of amides is 1. The summed E-state index contributed by atoms with van der Waals surface area (Å²) in [6, 6.07) is 6.99. The summed E-state index contributed by atoms with van der Waals surface area (Å²) in [5, 5.41) is 0. The van der Waals surface area contributed by atoms with E-state index in [1.807, 2.05) is 0 Å². The van der Waals surface area contributed by atoms with Crippen LogP contribution in [0.2, 0.25) is 0 Å². The highest BCUT2D eigenvalue weighted by Crippen LogP contribution is 2.35. The van der Waals surface area contributed by atoms with Crippen molar-refractivity contribution in [1.29, 1.82) is 0 Å². The predicted molar refractivity (Wildman–Crippen MR) is 86.3 cm³/mol. The predicted octanol–water partition coefficient (Wildman–Crippen LogP) is 4.67. The van der Waals surface area contributed by atoms with E-state index in [0.717, 1.165) is 18.9 Å². The van der Waals surface area contributed by atoms with E-state index < -0.39 is 11.7 Å². The summed E-state index contributed by atoms with van der Waals surface area (Å²) in [6.07, 6.45) is 0.157. The van der Waals surface area contributed by atoms with E-state index in [0.29, 0.717) is 10.0 Å². The molecular weight excluding hydrogens is 385 g/mol. The Bertz CT molecular complexity index is 759. The molecule has 1 aliphatic rings. The average Bonchev–Trinajstić information content (AvgIpc) is 3.36. The van der Waals surface area contributed by atoms with Crippen LogP contribution in [0.4, 0.5) is 13.2 Å². The Hall–Kier alpha value is -1.89. The standard InChI is InChI=1S/C17H14BrF3N2O/c18-13-7-12(8-22-9-13)16(24)23(14-5-6-14)10-11-3-1-2-4-15(11)17(19,20)21/h1-4,7-9,14H,5-6,10H2. The molecule has 1 aliphatic carbocycles. The molecule has 126 valence electrons. The number of pyridine rings is 1. The molecule has 24 heavy (non-hydrogen) atoms. The molecule has 1 fully saturated rings. The Morgan fingerprint density at radius 3 is 2.58 bits per heavy atom. The van der Waals surface area contributed by atoms with Crippen molar-refractivity contribution < 1.29 is 18.0 Å². The molecule has 7 heteroatoms. The molecule has 1 aromatic carbocycles. The van der Waals surface area contributed by atoms with E-state index >= 15 is 0 Å². The zero-order chi connectivity index (χ0) is 17.3. The molecule has 1 amide bonds. The number of aromatic nitrogens is 1. The highest BCUT2D eigenvalue weighted by molar-refractivity contribution is 9.10. The van der Waals surface area contributed by atoms with Gasteiger partial charge in [0.15, 0.2) is 0 Å². The largest absolute Gasteiger partial charge is 0.416 e. The number of benzene rings is 1. The molecule has 0 atom stereocenters. The topological polar surface area (TPSA) is 33.2 Å². The maximum absolute atomic E-state index is 13.2.